The molecule has 1 nitrogen and oxygen atoms in total. The quantitative estimate of drug-likeness (QED) is 0.396. The molecule has 0 unspecified atom stereocenters. The SMILES string of the molecule is CC(C)(C)C#CCCCO[Si](C)(C)C(C)(C)C. The van der Waals surface area contributed by atoms with Gasteiger partial charge >= 0.3 is 0 Å². The first kappa shape index (κ1) is 16.7. The summed E-state index contributed by atoms with van der Waals surface area (Å²) in [6.07, 6.45) is 2.00. The Bertz CT molecular complexity index is 281. The van der Waals surface area contributed by atoms with Crippen molar-refractivity contribution in [2.24, 2.45) is 5.41 Å². The first-order chi connectivity index (χ1) is 7.46. The van der Waals surface area contributed by atoms with Crippen LogP contribution < -0.4 is 0 Å². The maximum Gasteiger partial charge on any atom is 0.191 e. The van der Waals surface area contributed by atoms with E-state index in [2.05, 4.69) is 66.5 Å². The Labute approximate surface area is 109 Å². The molecule has 100 valence electrons. The molecule has 2 heteroatoms. The van der Waals surface area contributed by atoms with Crippen LogP contribution in [-0.4, -0.2) is 14.9 Å². The van der Waals surface area contributed by atoms with E-state index in [-0.39, 0.29) is 5.41 Å². The molecule has 0 bridgehead atoms. The van der Waals surface area contributed by atoms with Crippen molar-refractivity contribution >= 4 is 8.32 Å². The standard InChI is InChI=1S/C15H30OSi/c1-14(2,3)12-10-9-11-13-16-17(7,8)15(4,5)6/h9,11,13H2,1-8H3. The van der Waals surface area contributed by atoms with Crippen LogP contribution in [0.3, 0.4) is 0 Å². The third-order valence-corrected chi connectivity index (χ3v) is 7.72. The van der Waals surface area contributed by atoms with Crippen LogP contribution in [0.15, 0.2) is 0 Å². The zero-order valence-corrected chi connectivity index (χ0v) is 14.0. The van der Waals surface area contributed by atoms with Crippen LogP contribution in [-0.2, 0) is 4.43 Å². The van der Waals surface area contributed by atoms with Gasteiger partial charge < -0.3 is 4.43 Å². The van der Waals surface area contributed by atoms with Crippen molar-refractivity contribution in [2.75, 3.05) is 6.61 Å². The molecule has 0 rings (SSSR count). The average molecular weight is 254 g/mol. The second-order valence-corrected chi connectivity index (χ2v) is 12.1. The van der Waals surface area contributed by atoms with E-state index in [0.29, 0.717) is 5.04 Å². The summed E-state index contributed by atoms with van der Waals surface area (Å²) in [4.78, 5) is 0. The lowest BCUT2D eigenvalue weighted by molar-refractivity contribution is 0.284. The molecule has 0 heterocycles. The van der Waals surface area contributed by atoms with E-state index < -0.39 is 8.32 Å². The molecule has 0 aliphatic carbocycles. The molecule has 0 saturated heterocycles. The number of hydrogen-bond donors (Lipinski definition) is 0. The molecule has 0 aliphatic heterocycles. The van der Waals surface area contributed by atoms with Gasteiger partial charge in [0.1, 0.15) is 0 Å². The molecule has 0 aromatic carbocycles. The second kappa shape index (κ2) is 6.07. The minimum atomic E-state index is -1.55. The molecule has 0 fully saturated rings. The Morgan fingerprint density at radius 2 is 1.53 bits per heavy atom. The second-order valence-electron chi connectivity index (χ2n) is 7.26. The van der Waals surface area contributed by atoms with Gasteiger partial charge in [-0.2, -0.15) is 0 Å². The highest BCUT2D eigenvalue weighted by Crippen LogP contribution is 2.36. The number of rotatable bonds is 4. The van der Waals surface area contributed by atoms with Crippen LogP contribution in [0, 0.1) is 17.3 Å². The van der Waals surface area contributed by atoms with Gasteiger partial charge in [-0.05, 0) is 45.3 Å². The lowest BCUT2D eigenvalue weighted by Crippen LogP contribution is -2.40. The molecule has 0 saturated carbocycles. The molecule has 0 spiro atoms. The molecule has 0 atom stereocenters. The van der Waals surface area contributed by atoms with Crippen LogP contribution in [0.4, 0.5) is 0 Å². The Hall–Kier alpha value is -0.263. The Kier molecular flexibility index (Phi) is 5.97. The van der Waals surface area contributed by atoms with Crippen molar-refractivity contribution in [3.8, 4) is 11.8 Å². The van der Waals surface area contributed by atoms with Crippen LogP contribution in [0.5, 0.6) is 0 Å². The van der Waals surface area contributed by atoms with Gasteiger partial charge in [-0.3, -0.25) is 0 Å². The molecule has 0 radical (unpaired) electrons. The summed E-state index contributed by atoms with van der Waals surface area (Å²) in [6.45, 7) is 18.7. The van der Waals surface area contributed by atoms with Gasteiger partial charge in [0, 0.05) is 18.4 Å². The Morgan fingerprint density at radius 1 is 1.00 bits per heavy atom. The Morgan fingerprint density at radius 3 is 1.94 bits per heavy atom. The van der Waals surface area contributed by atoms with Crippen LogP contribution in [0.25, 0.3) is 0 Å². The number of unbranched alkanes of at least 4 members (excludes halogenated alkanes) is 1. The highest BCUT2D eigenvalue weighted by atomic mass is 28.4. The van der Waals surface area contributed by atoms with Crippen molar-refractivity contribution in [1.29, 1.82) is 0 Å². The largest absolute Gasteiger partial charge is 0.417 e. The fraction of sp³-hybridized carbons (Fsp3) is 0.867. The smallest absolute Gasteiger partial charge is 0.191 e. The van der Waals surface area contributed by atoms with E-state index in [1.807, 2.05) is 0 Å². The molecule has 0 aromatic rings. The van der Waals surface area contributed by atoms with Crippen molar-refractivity contribution in [1.82, 2.24) is 0 Å². The van der Waals surface area contributed by atoms with Gasteiger partial charge in [0.15, 0.2) is 8.32 Å². The molecular weight excluding hydrogens is 224 g/mol. The zero-order valence-electron chi connectivity index (χ0n) is 13.0. The van der Waals surface area contributed by atoms with E-state index in [4.69, 9.17) is 4.43 Å². The fourth-order valence-corrected chi connectivity index (χ4v) is 2.12. The van der Waals surface area contributed by atoms with Gasteiger partial charge in [0.05, 0.1) is 0 Å². The summed E-state index contributed by atoms with van der Waals surface area (Å²) in [5.41, 5.74) is 0.125. The number of hydrogen-bond acceptors (Lipinski definition) is 1. The zero-order chi connectivity index (χ0) is 13.7. The van der Waals surface area contributed by atoms with Crippen molar-refractivity contribution in [3.63, 3.8) is 0 Å². The van der Waals surface area contributed by atoms with Crippen LogP contribution >= 0.6 is 0 Å². The summed E-state index contributed by atoms with van der Waals surface area (Å²) in [5.74, 6) is 6.49. The molecule has 0 amide bonds. The molecule has 0 aliphatic rings. The van der Waals surface area contributed by atoms with Crippen LogP contribution in [0.2, 0.25) is 18.1 Å². The van der Waals surface area contributed by atoms with E-state index in [9.17, 15) is 0 Å². The van der Waals surface area contributed by atoms with Gasteiger partial charge in [0.2, 0.25) is 0 Å². The fourth-order valence-electron chi connectivity index (χ4n) is 1.03. The minimum Gasteiger partial charge on any atom is -0.417 e. The highest BCUT2D eigenvalue weighted by molar-refractivity contribution is 6.74. The summed E-state index contributed by atoms with van der Waals surface area (Å²) in [5, 5.41) is 0.310. The minimum absolute atomic E-state index is 0.125. The van der Waals surface area contributed by atoms with Gasteiger partial charge in [-0.25, -0.2) is 0 Å². The van der Waals surface area contributed by atoms with E-state index in [0.717, 1.165) is 19.4 Å². The van der Waals surface area contributed by atoms with Crippen molar-refractivity contribution in [3.05, 3.63) is 0 Å². The van der Waals surface area contributed by atoms with Gasteiger partial charge in [-0.1, -0.05) is 26.7 Å². The van der Waals surface area contributed by atoms with E-state index in [1.165, 1.54) is 0 Å². The lowest BCUT2D eigenvalue weighted by Gasteiger charge is -2.36. The van der Waals surface area contributed by atoms with E-state index in [1.54, 1.807) is 0 Å². The van der Waals surface area contributed by atoms with Crippen LogP contribution in [0.1, 0.15) is 54.4 Å². The third kappa shape index (κ3) is 7.62. The van der Waals surface area contributed by atoms with Crippen molar-refractivity contribution < 1.29 is 4.43 Å². The summed E-state index contributed by atoms with van der Waals surface area (Å²) < 4.78 is 6.10. The lowest BCUT2D eigenvalue weighted by atomic mass is 9.98. The molecular formula is C15H30OSi. The maximum atomic E-state index is 6.10. The average Bonchev–Trinajstić information content (AvgIpc) is 2.07. The first-order valence-corrected chi connectivity index (χ1v) is 9.50. The predicted octanol–water partition coefficient (Wildman–Crippen LogP) is 4.84. The topological polar surface area (TPSA) is 9.23 Å². The maximum absolute atomic E-state index is 6.10. The predicted molar refractivity (Wildman–Crippen MR) is 79.6 cm³/mol. The molecule has 17 heavy (non-hydrogen) atoms. The monoisotopic (exact) mass is 254 g/mol. The van der Waals surface area contributed by atoms with E-state index >= 15 is 0 Å². The normalized spacial score (nSPS) is 13.2. The molecule has 0 N–H and O–H groups in total. The van der Waals surface area contributed by atoms with Gasteiger partial charge in [0.25, 0.3) is 0 Å². The summed E-state index contributed by atoms with van der Waals surface area (Å²) >= 11 is 0. The summed E-state index contributed by atoms with van der Waals surface area (Å²) in [7, 11) is -1.55. The van der Waals surface area contributed by atoms with Crippen molar-refractivity contribution in [2.45, 2.75) is 72.5 Å². The highest BCUT2D eigenvalue weighted by Gasteiger charge is 2.36. The summed E-state index contributed by atoms with van der Waals surface area (Å²) in [6, 6.07) is 0. The molecule has 0 aromatic heterocycles. The van der Waals surface area contributed by atoms with Gasteiger partial charge in [-0.15, -0.1) is 5.92 Å². The Balaban J connectivity index is 3.90. The first-order valence-electron chi connectivity index (χ1n) is 6.60. The third-order valence-electron chi connectivity index (χ3n) is 3.18.